The van der Waals surface area contributed by atoms with E-state index in [0.29, 0.717) is 16.5 Å². The van der Waals surface area contributed by atoms with E-state index in [1.54, 1.807) is 0 Å². The van der Waals surface area contributed by atoms with Gasteiger partial charge < -0.3 is 19.9 Å². The zero-order valence-corrected chi connectivity index (χ0v) is 12.0. The fraction of sp³-hybridized carbons (Fsp3) is 0.545. The van der Waals surface area contributed by atoms with Gasteiger partial charge in [0.25, 0.3) is 0 Å². The number of carbonyl (C=O) groups excluding carboxylic acids is 1. The molecule has 0 aliphatic heterocycles. The summed E-state index contributed by atoms with van der Waals surface area (Å²) in [5.41, 5.74) is -0.909. The molecule has 0 saturated heterocycles. The van der Waals surface area contributed by atoms with Gasteiger partial charge in [0.2, 0.25) is 16.9 Å². The highest BCUT2D eigenvalue weighted by Crippen LogP contribution is 2.32. The summed E-state index contributed by atoms with van der Waals surface area (Å²) in [6, 6.07) is 0. The summed E-state index contributed by atoms with van der Waals surface area (Å²) in [5.74, 6) is -1.42. The summed E-state index contributed by atoms with van der Waals surface area (Å²) in [4.78, 5) is 22.8. The van der Waals surface area contributed by atoms with Crippen LogP contribution in [-0.2, 0) is 16.1 Å². The maximum absolute atomic E-state index is 11.8. The fourth-order valence-electron chi connectivity index (χ4n) is 1.24. The van der Waals surface area contributed by atoms with Gasteiger partial charge in [0, 0.05) is 11.5 Å². The molecule has 1 amide bonds. The minimum atomic E-state index is -1.50. The monoisotopic (exact) mass is 288 g/mol. The predicted octanol–water partition coefficient (Wildman–Crippen LogP) is 0.887. The normalized spacial score (nSPS) is 10.9. The molecule has 8 heteroatoms. The molecule has 19 heavy (non-hydrogen) atoms. The van der Waals surface area contributed by atoms with Crippen molar-refractivity contribution >= 4 is 23.4 Å². The lowest BCUT2D eigenvalue weighted by Gasteiger charge is -2.18. The van der Waals surface area contributed by atoms with Gasteiger partial charge in [0.05, 0.1) is 26.3 Å². The smallest absolute Gasteiger partial charge is 0.318 e. The first-order chi connectivity index (χ1) is 8.84. The topological polar surface area (TPSA) is 97.8 Å². The highest BCUT2D eigenvalue weighted by Gasteiger charge is 2.36. The number of carboxylic acids is 1. The summed E-state index contributed by atoms with van der Waals surface area (Å²) >= 11 is 1.10. The van der Waals surface area contributed by atoms with Gasteiger partial charge in [-0.15, -0.1) is 0 Å². The number of aromatic nitrogens is 1. The number of nitrogens with one attached hydrogen (secondary N) is 1. The predicted molar refractivity (Wildman–Crippen MR) is 68.5 cm³/mol. The molecule has 0 fully saturated rings. The molecule has 1 aromatic rings. The van der Waals surface area contributed by atoms with Crippen LogP contribution < -0.4 is 14.8 Å². The number of aliphatic carboxylic acids is 1. The zero-order chi connectivity index (χ0) is 14.6. The second-order valence-electron chi connectivity index (χ2n) is 4.27. The SMILES string of the molecule is COc1nsc(OC)c1CNC(=O)C(C)(C)C(=O)O. The molecule has 7 nitrogen and oxygen atoms in total. The van der Waals surface area contributed by atoms with E-state index in [2.05, 4.69) is 9.69 Å². The van der Waals surface area contributed by atoms with Gasteiger partial charge in [-0.2, -0.15) is 4.37 Å². The van der Waals surface area contributed by atoms with Crippen LogP contribution in [0.1, 0.15) is 19.4 Å². The van der Waals surface area contributed by atoms with Gasteiger partial charge in [0.1, 0.15) is 5.41 Å². The molecule has 1 aromatic heterocycles. The van der Waals surface area contributed by atoms with Crippen LogP contribution in [0.5, 0.6) is 10.9 Å². The second kappa shape index (κ2) is 5.87. The van der Waals surface area contributed by atoms with Crippen molar-refractivity contribution in [1.29, 1.82) is 0 Å². The lowest BCUT2D eigenvalue weighted by atomic mass is 9.92. The Hall–Kier alpha value is -1.83. The third-order valence-corrected chi connectivity index (χ3v) is 3.46. The number of hydrogen-bond donors (Lipinski definition) is 2. The molecule has 2 N–H and O–H groups in total. The van der Waals surface area contributed by atoms with Crippen LogP contribution in [0.3, 0.4) is 0 Å². The Morgan fingerprint density at radius 3 is 2.47 bits per heavy atom. The Labute approximate surface area is 114 Å². The molecule has 106 valence electrons. The first-order valence-corrected chi connectivity index (χ1v) is 6.20. The highest BCUT2D eigenvalue weighted by molar-refractivity contribution is 7.08. The van der Waals surface area contributed by atoms with Crippen molar-refractivity contribution in [2.45, 2.75) is 20.4 Å². The van der Waals surface area contributed by atoms with Crippen LogP contribution >= 0.6 is 11.5 Å². The maximum atomic E-state index is 11.8. The average molecular weight is 288 g/mol. The molecule has 1 heterocycles. The number of methoxy groups -OCH3 is 2. The number of ether oxygens (including phenoxy) is 2. The summed E-state index contributed by atoms with van der Waals surface area (Å²) in [5, 5.41) is 12.0. The molecule has 0 spiro atoms. The largest absolute Gasteiger partial charge is 0.486 e. The van der Waals surface area contributed by atoms with Crippen LogP contribution in [-0.4, -0.2) is 35.6 Å². The van der Waals surface area contributed by atoms with Crippen LogP contribution in [0.25, 0.3) is 0 Å². The Balaban J connectivity index is 2.80. The maximum Gasteiger partial charge on any atom is 0.318 e. The Morgan fingerprint density at radius 1 is 1.37 bits per heavy atom. The molecule has 0 saturated carbocycles. The van der Waals surface area contributed by atoms with Gasteiger partial charge in [-0.3, -0.25) is 9.59 Å². The van der Waals surface area contributed by atoms with E-state index in [0.717, 1.165) is 11.5 Å². The van der Waals surface area contributed by atoms with Crippen LogP contribution in [0, 0.1) is 5.41 Å². The van der Waals surface area contributed by atoms with E-state index in [4.69, 9.17) is 14.6 Å². The first kappa shape index (κ1) is 15.2. The molecule has 1 rings (SSSR count). The highest BCUT2D eigenvalue weighted by atomic mass is 32.1. The molecule has 0 atom stereocenters. The van der Waals surface area contributed by atoms with Gasteiger partial charge in [0.15, 0.2) is 0 Å². The van der Waals surface area contributed by atoms with Gasteiger partial charge in [-0.05, 0) is 13.8 Å². The molecule has 0 aromatic carbocycles. The molecular weight excluding hydrogens is 272 g/mol. The van der Waals surface area contributed by atoms with E-state index in [9.17, 15) is 9.59 Å². The Morgan fingerprint density at radius 2 is 2.00 bits per heavy atom. The quantitative estimate of drug-likeness (QED) is 0.754. The Kier molecular flexibility index (Phi) is 4.71. The molecule has 0 aliphatic rings. The summed E-state index contributed by atoms with van der Waals surface area (Å²) in [6.07, 6.45) is 0. The average Bonchev–Trinajstić information content (AvgIpc) is 2.77. The number of carbonyl (C=O) groups is 2. The van der Waals surface area contributed by atoms with Crippen LogP contribution in [0.4, 0.5) is 0 Å². The number of rotatable bonds is 6. The van der Waals surface area contributed by atoms with Crippen molar-refractivity contribution in [3.05, 3.63) is 5.56 Å². The van der Waals surface area contributed by atoms with Gasteiger partial charge in [-0.25, -0.2) is 0 Å². The van der Waals surface area contributed by atoms with E-state index >= 15 is 0 Å². The molecule has 0 aliphatic carbocycles. The van der Waals surface area contributed by atoms with Crippen molar-refractivity contribution in [2.24, 2.45) is 5.41 Å². The number of nitrogens with zero attached hydrogens (tertiary/aromatic N) is 1. The number of amides is 1. The minimum absolute atomic E-state index is 0.0956. The van der Waals surface area contributed by atoms with E-state index in [1.165, 1.54) is 28.1 Å². The lowest BCUT2D eigenvalue weighted by Crippen LogP contribution is -2.42. The second-order valence-corrected chi connectivity index (χ2v) is 5.01. The fourth-order valence-corrected chi connectivity index (χ4v) is 1.93. The zero-order valence-electron chi connectivity index (χ0n) is 11.1. The van der Waals surface area contributed by atoms with Crippen LogP contribution in [0.15, 0.2) is 0 Å². The summed E-state index contributed by atoms with van der Waals surface area (Å²) < 4.78 is 14.2. The van der Waals surface area contributed by atoms with Crippen molar-refractivity contribution in [3.8, 4) is 10.9 Å². The molecule has 0 unspecified atom stereocenters. The standard InChI is InChI=1S/C11H16N2O5S/c1-11(2,10(15)16)9(14)12-5-6-7(17-3)13-19-8(6)18-4/h5H2,1-4H3,(H,12,14)(H,15,16). The van der Waals surface area contributed by atoms with Crippen LogP contribution in [0.2, 0.25) is 0 Å². The van der Waals surface area contributed by atoms with Crippen molar-refractivity contribution in [2.75, 3.05) is 14.2 Å². The third kappa shape index (κ3) is 3.14. The lowest BCUT2D eigenvalue weighted by molar-refractivity contribution is -0.153. The summed E-state index contributed by atoms with van der Waals surface area (Å²) in [6.45, 7) is 2.77. The van der Waals surface area contributed by atoms with E-state index in [1.807, 2.05) is 0 Å². The molecule has 0 bridgehead atoms. The number of hydrogen-bond acceptors (Lipinski definition) is 6. The van der Waals surface area contributed by atoms with E-state index < -0.39 is 17.3 Å². The Bertz CT molecular complexity index is 462. The van der Waals surface area contributed by atoms with Gasteiger partial charge >= 0.3 is 5.97 Å². The number of carboxylic acid groups (broad SMARTS) is 1. The molecular formula is C11H16N2O5S. The summed E-state index contributed by atoms with van der Waals surface area (Å²) in [7, 11) is 2.94. The van der Waals surface area contributed by atoms with E-state index in [-0.39, 0.29) is 6.54 Å². The van der Waals surface area contributed by atoms with Gasteiger partial charge in [-0.1, -0.05) is 0 Å². The third-order valence-electron chi connectivity index (χ3n) is 2.62. The first-order valence-electron chi connectivity index (χ1n) is 5.42. The van der Waals surface area contributed by atoms with Crippen molar-refractivity contribution in [1.82, 2.24) is 9.69 Å². The molecule has 0 radical (unpaired) electrons. The van der Waals surface area contributed by atoms with Crippen molar-refractivity contribution < 1.29 is 24.2 Å². The minimum Gasteiger partial charge on any atom is -0.486 e. The van der Waals surface area contributed by atoms with Crippen molar-refractivity contribution in [3.63, 3.8) is 0 Å².